The van der Waals surface area contributed by atoms with Crippen molar-refractivity contribution in [2.75, 3.05) is 26.3 Å². The van der Waals surface area contributed by atoms with Crippen LogP contribution in [-0.2, 0) is 18.8 Å². The van der Waals surface area contributed by atoms with Crippen molar-refractivity contribution in [2.45, 2.75) is 58.7 Å². The van der Waals surface area contributed by atoms with E-state index in [2.05, 4.69) is 0 Å². The molecule has 0 aromatic carbocycles. The summed E-state index contributed by atoms with van der Waals surface area (Å²) in [5.41, 5.74) is 0. The molecule has 0 bridgehead atoms. The summed E-state index contributed by atoms with van der Waals surface area (Å²) < 4.78 is 10.9. The van der Waals surface area contributed by atoms with Crippen LogP contribution in [0.2, 0.25) is 18.1 Å². The fourth-order valence-electron chi connectivity index (χ4n) is 2.74. The van der Waals surface area contributed by atoms with Gasteiger partial charge < -0.3 is 9.16 Å². The topological polar surface area (TPSA) is 116 Å². The molecule has 1 unspecified atom stereocenters. The van der Waals surface area contributed by atoms with Crippen molar-refractivity contribution in [3.8, 4) is 0 Å². The minimum atomic E-state index is -2.25. The molecule has 160 valence electrons. The largest absolute Gasteiger partial charge is 0.447 e. The third kappa shape index (κ3) is 6.10. The lowest BCUT2D eigenvalue weighted by molar-refractivity contribution is -0.489. The van der Waals surface area contributed by atoms with Gasteiger partial charge in [-0.15, -0.1) is 0 Å². The number of nitro groups is 1. The molecule has 0 aromatic rings. The number of cyclic esters (lactones) is 1. The summed E-state index contributed by atoms with van der Waals surface area (Å²) >= 11 is 0. The summed E-state index contributed by atoms with van der Waals surface area (Å²) in [5.74, 6) is -3.37. The quantitative estimate of drug-likeness (QED) is 0.233. The van der Waals surface area contributed by atoms with Gasteiger partial charge >= 0.3 is 6.09 Å². The maximum atomic E-state index is 13.0. The second-order valence-electron chi connectivity index (χ2n) is 8.64. The molecule has 1 rings (SSSR count). The Bertz CT molecular complexity index is 616. The minimum absolute atomic E-state index is 0.0435. The number of rotatable bonds is 10. The van der Waals surface area contributed by atoms with Crippen LogP contribution in [0.3, 0.4) is 0 Å². The molecule has 0 N–H and O–H groups in total. The van der Waals surface area contributed by atoms with Crippen LogP contribution < -0.4 is 0 Å². The van der Waals surface area contributed by atoms with Gasteiger partial charge in [-0.25, -0.2) is 9.69 Å². The van der Waals surface area contributed by atoms with Gasteiger partial charge in [0, 0.05) is 18.0 Å². The molecule has 0 aromatic heterocycles. The van der Waals surface area contributed by atoms with E-state index >= 15 is 0 Å². The lowest BCUT2D eigenvalue weighted by Gasteiger charge is -2.37. The number of hydrogen-bond donors (Lipinski definition) is 0. The SMILES string of the molecule is CCCC(=O)C(C(=O)N1CCOC1=O)[C@@H](CO[Si](C)(C)C(C)(C)C)C[N+](=O)[O-]. The van der Waals surface area contributed by atoms with Crippen LogP contribution in [0.15, 0.2) is 0 Å². The smallest absolute Gasteiger partial charge is 0.416 e. The van der Waals surface area contributed by atoms with Gasteiger partial charge in [0.2, 0.25) is 12.5 Å². The lowest BCUT2D eigenvalue weighted by atomic mass is 9.86. The average molecular weight is 417 g/mol. The standard InChI is InChI=1S/C18H32N2O7Si/c1-7-8-14(21)15(16(22)19-9-10-26-17(19)23)13(11-20(24)25)12-27-28(5,6)18(2,3)4/h13,15H,7-12H2,1-6H3/t13-,15?/m1/s1. The Hall–Kier alpha value is -1.81. The molecular formula is C18H32N2O7Si. The van der Waals surface area contributed by atoms with Crippen molar-refractivity contribution in [1.29, 1.82) is 0 Å². The van der Waals surface area contributed by atoms with Crippen molar-refractivity contribution in [3.63, 3.8) is 0 Å². The normalized spacial score (nSPS) is 17.2. The van der Waals surface area contributed by atoms with Crippen LogP contribution >= 0.6 is 0 Å². The van der Waals surface area contributed by atoms with E-state index in [4.69, 9.17) is 9.16 Å². The Balaban J connectivity index is 3.16. The third-order valence-corrected chi connectivity index (χ3v) is 9.96. The highest BCUT2D eigenvalue weighted by Gasteiger charge is 2.45. The number of hydrogen-bond acceptors (Lipinski definition) is 7. The van der Waals surface area contributed by atoms with Crippen molar-refractivity contribution < 1.29 is 28.5 Å². The zero-order valence-electron chi connectivity index (χ0n) is 17.6. The van der Waals surface area contributed by atoms with Gasteiger partial charge in [0.15, 0.2) is 8.32 Å². The van der Waals surface area contributed by atoms with Gasteiger partial charge in [-0.2, -0.15) is 0 Å². The van der Waals surface area contributed by atoms with Gasteiger partial charge in [-0.05, 0) is 24.6 Å². The molecule has 1 aliphatic rings. The first-order valence-corrected chi connectivity index (χ1v) is 12.5. The monoisotopic (exact) mass is 416 g/mol. The fraction of sp³-hybridized carbons (Fsp3) is 0.833. The number of carbonyl (C=O) groups is 3. The van der Waals surface area contributed by atoms with Gasteiger partial charge in [0.05, 0.1) is 12.5 Å². The molecule has 1 aliphatic heterocycles. The highest BCUT2D eigenvalue weighted by Crippen LogP contribution is 2.37. The van der Waals surface area contributed by atoms with E-state index in [-0.39, 0.29) is 31.2 Å². The molecule has 1 heterocycles. The van der Waals surface area contributed by atoms with Crippen LogP contribution in [0, 0.1) is 22.0 Å². The van der Waals surface area contributed by atoms with Crippen LogP contribution in [-0.4, -0.2) is 62.2 Å². The maximum absolute atomic E-state index is 13.0. The number of Topliss-reactive ketones (excluding diaryl/α,β-unsaturated/α-hetero) is 1. The van der Waals surface area contributed by atoms with Gasteiger partial charge in [0.25, 0.3) is 0 Å². The van der Waals surface area contributed by atoms with E-state index in [1.807, 2.05) is 33.9 Å². The maximum Gasteiger partial charge on any atom is 0.416 e. The molecule has 0 radical (unpaired) electrons. The Morgan fingerprint density at radius 2 is 1.96 bits per heavy atom. The van der Waals surface area contributed by atoms with Crippen molar-refractivity contribution in [3.05, 3.63) is 10.1 Å². The van der Waals surface area contributed by atoms with Crippen LogP contribution in [0.4, 0.5) is 4.79 Å². The summed E-state index contributed by atoms with van der Waals surface area (Å²) in [6.07, 6.45) is -0.209. The Kier molecular flexibility index (Phi) is 8.30. The van der Waals surface area contributed by atoms with Gasteiger partial charge in [-0.3, -0.25) is 19.7 Å². The first-order chi connectivity index (χ1) is 12.8. The summed E-state index contributed by atoms with van der Waals surface area (Å²) in [6, 6.07) is 0. The molecule has 2 amide bonds. The predicted octanol–water partition coefficient (Wildman–Crippen LogP) is 2.87. The Labute approximate surface area is 167 Å². The molecule has 2 atom stereocenters. The Morgan fingerprint density at radius 3 is 2.39 bits per heavy atom. The number of imide groups is 1. The second-order valence-corrected chi connectivity index (χ2v) is 13.5. The molecule has 0 spiro atoms. The molecule has 0 saturated carbocycles. The van der Waals surface area contributed by atoms with E-state index in [9.17, 15) is 24.5 Å². The zero-order chi connectivity index (χ0) is 21.7. The highest BCUT2D eigenvalue weighted by atomic mass is 28.4. The predicted molar refractivity (Wildman–Crippen MR) is 105 cm³/mol. The Morgan fingerprint density at radius 1 is 1.36 bits per heavy atom. The summed E-state index contributed by atoms with van der Waals surface area (Å²) in [4.78, 5) is 49.1. The summed E-state index contributed by atoms with van der Waals surface area (Å²) in [6.45, 7) is 11.3. The number of carbonyl (C=O) groups excluding carboxylic acids is 3. The van der Waals surface area contributed by atoms with E-state index in [1.165, 1.54) is 0 Å². The van der Waals surface area contributed by atoms with Crippen LogP contribution in [0.25, 0.3) is 0 Å². The van der Waals surface area contributed by atoms with E-state index < -0.39 is 49.4 Å². The third-order valence-electron chi connectivity index (χ3n) is 5.46. The van der Waals surface area contributed by atoms with Crippen molar-refractivity contribution in [2.24, 2.45) is 11.8 Å². The number of ether oxygens (including phenoxy) is 1. The van der Waals surface area contributed by atoms with E-state index in [1.54, 1.807) is 6.92 Å². The molecule has 1 saturated heterocycles. The molecule has 0 aliphatic carbocycles. The first kappa shape index (κ1) is 24.2. The lowest BCUT2D eigenvalue weighted by Crippen LogP contribution is -2.48. The zero-order valence-corrected chi connectivity index (χ0v) is 18.6. The molecule has 10 heteroatoms. The number of ketones is 1. The summed E-state index contributed by atoms with van der Waals surface area (Å²) in [5, 5.41) is 11.1. The van der Waals surface area contributed by atoms with Gasteiger partial charge in [-0.1, -0.05) is 27.7 Å². The fourth-order valence-corrected chi connectivity index (χ4v) is 3.81. The molecule has 28 heavy (non-hydrogen) atoms. The van der Waals surface area contributed by atoms with E-state index in [0.717, 1.165) is 4.90 Å². The minimum Gasteiger partial charge on any atom is -0.447 e. The van der Waals surface area contributed by atoms with Crippen molar-refractivity contribution in [1.82, 2.24) is 4.90 Å². The van der Waals surface area contributed by atoms with Gasteiger partial charge in [0.1, 0.15) is 18.3 Å². The molecular weight excluding hydrogens is 384 g/mol. The van der Waals surface area contributed by atoms with Crippen molar-refractivity contribution >= 4 is 26.1 Å². The molecule has 1 fully saturated rings. The summed E-state index contributed by atoms with van der Waals surface area (Å²) in [7, 11) is -2.25. The highest BCUT2D eigenvalue weighted by molar-refractivity contribution is 6.74. The average Bonchev–Trinajstić information content (AvgIpc) is 2.97. The molecule has 9 nitrogen and oxygen atoms in total. The number of amides is 2. The van der Waals surface area contributed by atoms with Crippen LogP contribution in [0.5, 0.6) is 0 Å². The number of nitrogens with zero attached hydrogens (tertiary/aromatic N) is 2. The van der Waals surface area contributed by atoms with E-state index in [0.29, 0.717) is 6.42 Å². The first-order valence-electron chi connectivity index (χ1n) is 9.58. The van der Waals surface area contributed by atoms with Crippen LogP contribution in [0.1, 0.15) is 40.5 Å². The second kappa shape index (κ2) is 9.60.